The van der Waals surface area contributed by atoms with Gasteiger partial charge in [-0.2, -0.15) is 0 Å². The molecule has 0 bridgehead atoms. The summed E-state index contributed by atoms with van der Waals surface area (Å²) in [5, 5.41) is 0.821. The first-order valence-electron chi connectivity index (χ1n) is 11.6. The first-order chi connectivity index (χ1) is 17.3. The number of amides is 1. The van der Waals surface area contributed by atoms with E-state index in [9.17, 15) is 9.59 Å². The van der Waals surface area contributed by atoms with Crippen molar-refractivity contribution in [3.05, 3.63) is 74.2 Å². The summed E-state index contributed by atoms with van der Waals surface area (Å²) in [6, 6.07) is 13.8. The van der Waals surface area contributed by atoms with Crippen molar-refractivity contribution in [1.29, 1.82) is 0 Å². The molecule has 0 aliphatic heterocycles. The van der Waals surface area contributed by atoms with E-state index < -0.39 is 0 Å². The van der Waals surface area contributed by atoms with E-state index in [1.54, 1.807) is 33.3 Å². The molecule has 36 heavy (non-hydrogen) atoms. The maximum absolute atomic E-state index is 13.5. The molecule has 0 fully saturated rings. The number of carbonyl (C=O) groups excluding carboxylic acids is 2. The molecule has 0 aliphatic carbocycles. The third-order valence-corrected chi connectivity index (χ3v) is 6.80. The quantitative estimate of drug-likeness (QED) is 0.287. The van der Waals surface area contributed by atoms with Crippen molar-refractivity contribution in [2.45, 2.75) is 40.2 Å². The van der Waals surface area contributed by atoms with Crippen LogP contribution in [0.5, 0.6) is 11.5 Å². The molecule has 1 heterocycles. The number of thiazole rings is 1. The van der Waals surface area contributed by atoms with E-state index in [0.29, 0.717) is 47.6 Å². The molecule has 0 radical (unpaired) electrons. The van der Waals surface area contributed by atoms with Gasteiger partial charge in [-0.05, 0) is 51.3 Å². The minimum Gasteiger partial charge on any atom is -0.496 e. The van der Waals surface area contributed by atoms with Gasteiger partial charge < -0.3 is 19.1 Å². The number of carbonyl (C=O) groups is 2. The van der Waals surface area contributed by atoms with Crippen molar-refractivity contribution in [3.8, 4) is 11.5 Å². The highest BCUT2D eigenvalue weighted by Crippen LogP contribution is 2.31. The Morgan fingerprint density at radius 1 is 1.11 bits per heavy atom. The molecule has 3 rings (SSSR count). The van der Waals surface area contributed by atoms with Crippen LogP contribution in [0.15, 0.2) is 42.5 Å². The monoisotopic (exact) mass is 532 g/mol. The first-order valence-corrected chi connectivity index (χ1v) is 12.8. The van der Waals surface area contributed by atoms with Crippen molar-refractivity contribution < 1.29 is 23.8 Å². The lowest BCUT2D eigenvalue weighted by Crippen LogP contribution is -2.32. The van der Waals surface area contributed by atoms with Crippen LogP contribution in [0, 0.1) is 13.8 Å². The van der Waals surface area contributed by atoms with E-state index in [-0.39, 0.29) is 5.91 Å². The summed E-state index contributed by atoms with van der Waals surface area (Å²) in [7, 11) is 3.18. The lowest BCUT2D eigenvalue weighted by Gasteiger charge is -2.23. The number of benzene rings is 2. The third-order valence-electron chi connectivity index (χ3n) is 5.37. The molecular weight excluding hydrogens is 500 g/mol. The topological polar surface area (TPSA) is 78.0 Å². The van der Waals surface area contributed by atoms with Gasteiger partial charge in [-0.1, -0.05) is 41.9 Å². The van der Waals surface area contributed by atoms with E-state index in [1.807, 2.05) is 36.9 Å². The number of ether oxygens (including phenoxy) is 3. The smallest absolute Gasteiger partial charge is 0.293 e. The number of nitrogens with zero attached hydrogens (tertiary/aromatic N) is 2. The molecule has 0 saturated carbocycles. The summed E-state index contributed by atoms with van der Waals surface area (Å²) in [5.74, 6) is 1.16. The zero-order chi connectivity index (χ0) is 26.5. The maximum atomic E-state index is 13.5. The van der Waals surface area contributed by atoms with Crippen LogP contribution in [0.4, 0.5) is 0 Å². The minimum atomic E-state index is -0.0892. The second-order valence-corrected chi connectivity index (χ2v) is 9.53. The van der Waals surface area contributed by atoms with Crippen LogP contribution in [0.3, 0.4) is 0 Å². The average molecular weight is 533 g/mol. The fourth-order valence-corrected chi connectivity index (χ4v) is 4.61. The molecule has 1 amide bonds. The van der Waals surface area contributed by atoms with Crippen LogP contribution in [-0.4, -0.2) is 49.6 Å². The molecule has 0 aliphatic rings. The van der Waals surface area contributed by atoms with Crippen molar-refractivity contribution in [1.82, 2.24) is 9.88 Å². The van der Waals surface area contributed by atoms with Crippen LogP contribution in [0.25, 0.3) is 0 Å². The summed E-state index contributed by atoms with van der Waals surface area (Å²) < 4.78 is 15.7. The molecule has 0 saturated heterocycles. The Hall–Kier alpha value is -3.10. The molecule has 3 aromatic rings. The Morgan fingerprint density at radius 2 is 1.75 bits per heavy atom. The van der Waals surface area contributed by atoms with E-state index >= 15 is 0 Å². The van der Waals surface area contributed by atoms with Gasteiger partial charge in [-0.25, -0.2) is 4.98 Å². The van der Waals surface area contributed by atoms with Gasteiger partial charge >= 0.3 is 0 Å². The number of aryl methyl sites for hydroxylation is 2. The third kappa shape index (κ3) is 8.53. The molecule has 194 valence electrons. The summed E-state index contributed by atoms with van der Waals surface area (Å²) in [6.07, 6.45) is 1.73. The number of methoxy groups -OCH3 is 2. The van der Waals surface area contributed by atoms with Crippen molar-refractivity contribution in [2.75, 3.05) is 27.4 Å². The Kier molecular flexibility index (Phi) is 12.2. The fraction of sp³-hybridized carbons (Fsp3) is 0.370. The molecular formula is C27H33ClN2O5S. The number of hydrogen-bond acceptors (Lipinski definition) is 7. The van der Waals surface area contributed by atoms with E-state index in [1.165, 1.54) is 16.9 Å². The second kappa shape index (κ2) is 15.1. The molecule has 0 N–H and O–H groups in total. The zero-order valence-electron chi connectivity index (χ0n) is 21.4. The molecule has 0 atom stereocenters. The van der Waals surface area contributed by atoms with Crippen molar-refractivity contribution >= 4 is 35.3 Å². The van der Waals surface area contributed by atoms with Gasteiger partial charge in [0.05, 0.1) is 33.1 Å². The second-order valence-electron chi connectivity index (χ2n) is 7.84. The normalized spacial score (nSPS) is 10.2. The number of rotatable bonds is 11. The lowest BCUT2D eigenvalue weighted by molar-refractivity contribution is -0.128. The highest BCUT2D eigenvalue weighted by Gasteiger charge is 2.21. The first kappa shape index (κ1) is 29.1. The van der Waals surface area contributed by atoms with Gasteiger partial charge in [0.1, 0.15) is 20.8 Å². The number of halogens is 1. The predicted molar refractivity (Wildman–Crippen MR) is 143 cm³/mol. The van der Waals surface area contributed by atoms with Crippen molar-refractivity contribution in [2.24, 2.45) is 0 Å². The van der Waals surface area contributed by atoms with Gasteiger partial charge in [0.15, 0.2) is 0 Å². The summed E-state index contributed by atoms with van der Waals surface area (Å²) >= 11 is 7.62. The Bertz CT molecular complexity index is 1080. The highest BCUT2D eigenvalue weighted by molar-refractivity contribution is 7.16. The Balaban J connectivity index is 0.000000830. The van der Waals surface area contributed by atoms with Gasteiger partial charge in [-0.3, -0.25) is 9.59 Å². The molecule has 9 heteroatoms. The lowest BCUT2D eigenvalue weighted by atomic mass is 10.1. The largest absolute Gasteiger partial charge is 0.496 e. The molecule has 0 spiro atoms. The van der Waals surface area contributed by atoms with Crippen LogP contribution < -0.4 is 9.47 Å². The minimum absolute atomic E-state index is 0.0892. The van der Waals surface area contributed by atoms with Crippen LogP contribution in [-0.2, 0) is 22.5 Å². The molecule has 2 aromatic carbocycles. The summed E-state index contributed by atoms with van der Waals surface area (Å²) in [6.45, 7) is 7.45. The van der Waals surface area contributed by atoms with E-state index in [0.717, 1.165) is 29.1 Å². The van der Waals surface area contributed by atoms with Crippen LogP contribution in [0.1, 0.15) is 45.5 Å². The summed E-state index contributed by atoms with van der Waals surface area (Å²) in [4.78, 5) is 29.0. The molecule has 0 unspecified atom stereocenters. The molecule has 7 nitrogen and oxygen atoms in total. The van der Waals surface area contributed by atoms with Crippen LogP contribution in [0.2, 0.25) is 4.34 Å². The van der Waals surface area contributed by atoms with E-state index in [4.69, 9.17) is 21.1 Å². The SMILES string of the molecule is CCOC=O.COc1cc(C(=O)N(CCCc2ccccc2)Cc2nc(C)c(Cl)s2)cc(OC)c1C. The zero-order valence-corrected chi connectivity index (χ0v) is 22.9. The number of hydrogen-bond donors (Lipinski definition) is 0. The predicted octanol–water partition coefficient (Wildman–Crippen LogP) is 5.89. The molecule has 1 aromatic heterocycles. The van der Waals surface area contributed by atoms with Gasteiger partial charge in [0, 0.05) is 17.7 Å². The number of aromatic nitrogens is 1. The van der Waals surface area contributed by atoms with Crippen LogP contribution >= 0.6 is 22.9 Å². The van der Waals surface area contributed by atoms with E-state index in [2.05, 4.69) is 21.9 Å². The Morgan fingerprint density at radius 3 is 2.22 bits per heavy atom. The standard InChI is InChI=1S/C24H27ClN2O3S.C3H6O2/c1-16-20(29-3)13-19(14-21(16)30-4)24(28)27(15-22-26-17(2)23(25)31-22)12-8-11-18-9-6-5-7-10-18;1-2-5-3-4/h5-7,9-10,13-14H,8,11-12,15H2,1-4H3;3H,2H2,1H3. The highest BCUT2D eigenvalue weighted by atomic mass is 35.5. The van der Waals surface area contributed by atoms with Crippen molar-refractivity contribution in [3.63, 3.8) is 0 Å². The van der Waals surface area contributed by atoms with Gasteiger partial charge in [0.25, 0.3) is 12.4 Å². The fourth-order valence-electron chi connectivity index (χ4n) is 3.49. The maximum Gasteiger partial charge on any atom is 0.293 e. The Labute approximate surface area is 222 Å². The summed E-state index contributed by atoms with van der Waals surface area (Å²) in [5.41, 5.74) is 3.43. The average Bonchev–Trinajstić information content (AvgIpc) is 3.21. The van der Waals surface area contributed by atoms with Gasteiger partial charge in [-0.15, -0.1) is 11.3 Å². The van der Waals surface area contributed by atoms with Gasteiger partial charge in [0.2, 0.25) is 0 Å².